The fraction of sp³-hybridized carbons (Fsp3) is 0.417. The Labute approximate surface area is 105 Å². The van der Waals surface area contributed by atoms with Gasteiger partial charge in [-0.25, -0.2) is 0 Å². The maximum atomic E-state index is 11.6. The Kier molecular flexibility index (Phi) is 4.79. The van der Waals surface area contributed by atoms with Crippen LogP contribution in [0, 0.1) is 10.1 Å². The van der Waals surface area contributed by atoms with E-state index in [2.05, 4.69) is 0 Å². The number of benzene rings is 1. The number of nitro benzene ring substituents is 1. The third-order valence-electron chi connectivity index (χ3n) is 2.66. The van der Waals surface area contributed by atoms with Gasteiger partial charge in [0.05, 0.1) is 11.5 Å². The van der Waals surface area contributed by atoms with Crippen LogP contribution in [0.15, 0.2) is 18.2 Å². The molecule has 0 aromatic heterocycles. The van der Waals surface area contributed by atoms with Crippen molar-refractivity contribution in [1.29, 1.82) is 0 Å². The van der Waals surface area contributed by atoms with Crippen molar-refractivity contribution in [2.75, 3.05) is 24.6 Å². The molecule has 0 atom stereocenters. The molecule has 0 saturated heterocycles. The van der Waals surface area contributed by atoms with Gasteiger partial charge < -0.3 is 10.0 Å². The van der Waals surface area contributed by atoms with Crippen LogP contribution in [0.5, 0.6) is 0 Å². The Balaban J connectivity index is 3.26. The highest BCUT2D eigenvalue weighted by Crippen LogP contribution is 2.25. The summed E-state index contributed by atoms with van der Waals surface area (Å²) in [5.74, 6) is -0.231. The van der Waals surface area contributed by atoms with Crippen LogP contribution in [0.2, 0.25) is 0 Å². The van der Waals surface area contributed by atoms with Gasteiger partial charge in [0.1, 0.15) is 0 Å². The number of hydrogen-bond acceptors (Lipinski definition) is 5. The fourth-order valence-corrected chi connectivity index (χ4v) is 1.76. The summed E-state index contributed by atoms with van der Waals surface area (Å²) in [4.78, 5) is 23.5. The molecule has 0 radical (unpaired) electrons. The first-order valence-electron chi connectivity index (χ1n) is 5.66. The first-order valence-corrected chi connectivity index (χ1v) is 5.66. The van der Waals surface area contributed by atoms with Gasteiger partial charge in [-0.05, 0) is 19.9 Å². The molecule has 98 valence electrons. The van der Waals surface area contributed by atoms with E-state index >= 15 is 0 Å². The normalized spacial score (nSPS) is 10.2. The van der Waals surface area contributed by atoms with Gasteiger partial charge in [0.2, 0.25) is 0 Å². The van der Waals surface area contributed by atoms with E-state index in [9.17, 15) is 14.9 Å². The number of non-ortho nitro benzene ring substituents is 1. The van der Waals surface area contributed by atoms with Crippen LogP contribution in [0.25, 0.3) is 0 Å². The Morgan fingerprint density at radius 3 is 2.61 bits per heavy atom. The molecule has 0 amide bonds. The van der Waals surface area contributed by atoms with Crippen molar-refractivity contribution in [3.8, 4) is 0 Å². The zero-order valence-corrected chi connectivity index (χ0v) is 10.4. The van der Waals surface area contributed by atoms with E-state index in [0.717, 1.165) is 0 Å². The number of anilines is 1. The quantitative estimate of drug-likeness (QED) is 0.472. The maximum absolute atomic E-state index is 11.6. The van der Waals surface area contributed by atoms with Crippen LogP contribution in [0.4, 0.5) is 11.4 Å². The predicted octanol–water partition coefficient (Wildman–Crippen LogP) is 1.62. The first-order chi connectivity index (χ1) is 8.51. The molecular formula is C12H16N2O4. The van der Waals surface area contributed by atoms with E-state index in [4.69, 9.17) is 5.11 Å². The van der Waals surface area contributed by atoms with E-state index in [1.165, 1.54) is 19.1 Å². The molecule has 0 fully saturated rings. The van der Waals surface area contributed by atoms with Crippen LogP contribution >= 0.6 is 0 Å². The molecule has 1 N–H and O–H groups in total. The third-order valence-corrected chi connectivity index (χ3v) is 2.66. The first kappa shape index (κ1) is 14.1. The molecule has 0 aliphatic rings. The number of Topliss-reactive ketones (excluding diaryl/α,β-unsaturated/α-hetero) is 1. The minimum absolute atomic E-state index is 0.0395. The van der Waals surface area contributed by atoms with Crippen molar-refractivity contribution in [2.45, 2.75) is 13.8 Å². The molecule has 6 heteroatoms. The molecule has 0 saturated carbocycles. The zero-order chi connectivity index (χ0) is 13.7. The average molecular weight is 252 g/mol. The van der Waals surface area contributed by atoms with Crippen molar-refractivity contribution in [2.24, 2.45) is 0 Å². The summed E-state index contributed by atoms with van der Waals surface area (Å²) in [5, 5.41) is 19.7. The second kappa shape index (κ2) is 6.11. The molecule has 18 heavy (non-hydrogen) atoms. The number of nitro groups is 1. The molecular weight excluding hydrogens is 236 g/mol. The molecule has 1 aromatic rings. The van der Waals surface area contributed by atoms with Gasteiger partial charge in [-0.15, -0.1) is 0 Å². The van der Waals surface area contributed by atoms with Crippen LogP contribution in [-0.2, 0) is 0 Å². The number of aliphatic hydroxyl groups is 1. The fourth-order valence-electron chi connectivity index (χ4n) is 1.76. The minimum atomic E-state index is -0.529. The molecule has 6 nitrogen and oxygen atoms in total. The van der Waals surface area contributed by atoms with Crippen molar-refractivity contribution >= 4 is 17.2 Å². The molecule has 0 unspecified atom stereocenters. The van der Waals surface area contributed by atoms with Crippen LogP contribution in [0.1, 0.15) is 24.2 Å². The lowest BCUT2D eigenvalue weighted by atomic mass is 10.1. The topological polar surface area (TPSA) is 83.7 Å². The lowest BCUT2D eigenvalue weighted by molar-refractivity contribution is -0.384. The van der Waals surface area contributed by atoms with Gasteiger partial charge in [0.25, 0.3) is 5.69 Å². The number of likely N-dealkylation sites (N-methyl/N-ethyl adjacent to an activating group) is 1. The summed E-state index contributed by atoms with van der Waals surface area (Å²) in [6.07, 6.45) is 0. The highest BCUT2D eigenvalue weighted by Gasteiger charge is 2.17. The largest absolute Gasteiger partial charge is 0.395 e. The lowest BCUT2D eigenvalue weighted by Crippen LogP contribution is -2.27. The Morgan fingerprint density at radius 2 is 2.17 bits per heavy atom. The predicted molar refractivity (Wildman–Crippen MR) is 68.1 cm³/mol. The van der Waals surface area contributed by atoms with Gasteiger partial charge in [-0.2, -0.15) is 0 Å². The Morgan fingerprint density at radius 1 is 1.50 bits per heavy atom. The second-order valence-corrected chi connectivity index (χ2v) is 3.82. The van der Waals surface area contributed by atoms with E-state index in [0.29, 0.717) is 24.3 Å². The summed E-state index contributed by atoms with van der Waals surface area (Å²) >= 11 is 0. The van der Waals surface area contributed by atoms with E-state index in [1.54, 1.807) is 11.0 Å². The third kappa shape index (κ3) is 3.04. The van der Waals surface area contributed by atoms with Crippen LogP contribution in [0.3, 0.4) is 0 Å². The number of hydrogen-bond donors (Lipinski definition) is 1. The molecule has 1 rings (SSSR count). The summed E-state index contributed by atoms with van der Waals surface area (Å²) in [5.41, 5.74) is 0.813. The van der Waals surface area contributed by atoms with Crippen molar-refractivity contribution in [1.82, 2.24) is 0 Å². The van der Waals surface area contributed by atoms with Gasteiger partial charge in [-0.3, -0.25) is 14.9 Å². The Hall–Kier alpha value is -1.95. The van der Waals surface area contributed by atoms with E-state index in [1.807, 2.05) is 6.92 Å². The van der Waals surface area contributed by atoms with Crippen molar-refractivity contribution in [3.05, 3.63) is 33.9 Å². The van der Waals surface area contributed by atoms with Crippen LogP contribution in [-0.4, -0.2) is 35.5 Å². The second-order valence-electron chi connectivity index (χ2n) is 3.82. The number of carbonyl (C=O) groups excluding carboxylic acids is 1. The smallest absolute Gasteiger partial charge is 0.270 e. The molecule has 0 heterocycles. The number of carbonyl (C=O) groups is 1. The number of aliphatic hydroxyl groups excluding tert-OH is 1. The summed E-state index contributed by atoms with van der Waals surface area (Å²) in [7, 11) is 0. The Bertz CT molecular complexity index is 459. The van der Waals surface area contributed by atoms with E-state index in [-0.39, 0.29) is 18.1 Å². The number of nitrogens with zero attached hydrogens (tertiary/aromatic N) is 2. The molecule has 1 aromatic carbocycles. The number of rotatable bonds is 6. The minimum Gasteiger partial charge on any atom is -0.395 e. The van der Waals surface area contributed by atoms with Gasteiger partial charge >= 0.3 is 0 Å². The van der Waals surface area contributed by atoms with Gasteiger partial charge in [0.15, 0.2) is 5.78 Å². The van der Waals surface area contributed by atoms with Crippen LogP contribution < -0.4 is 4.90 Å². The summed E-state index contributed by atoms with van der Waals surface area (Å²) < 4.78 is 0. The van der Waals surface area contributed by atoms with Crippen molar-refractivity contribution in [3.63, 3.8) is 0 Å². The van der Waals surface area contributed by atoms with Crippen molar-refractivity contribution < 1.29 is 14.8 Å². The SMILES string of the molecule is CCN(CCO)c1ccc([N+](=O)[O-])cc1C(C)=O. The zero-order valence-electron chi connectivity index (χ0n) is 10.4. The summed E-state index contributed by atoms with van der Waals surface area (Å²) in [6.45, 7) is 4.21. The highest BCUT2D eigenvalue weighted by atomic mass is 16.6. The molecule has 0 bridgehead atoms. The molecule has 0 spiro atoms. The average Bonchev–Trinajstić information content (AvgIpc) is 2.35. The maximum Gasteiger partial charge on any atom is 0.270 e. The van der Waals surface area contributed by atoms with E-state index < -0.39 is 4.92 Å². The molecule has 0 aliphatic heterocycles. The van der Waals surface area contributed by atoms with Gasteiger partial charge in [-0.1, -0.05) is 0 Å². The summed E-state index contributed by atoms with van der Waals surface area (Å²) in [6, 6.07) is 4.19. The van der Waals surface area contributed by atoms with Gasteiger partial charge in [0, 0.05) is 36.5 Å². The highest BCUT2D eigenvalue weighted by molar-refractivity contribution is 6.00. The number of ketones is 1. The standard InChI is InChI=1S/C12H16N2O4/c1-3-13(6-7-15)12-5-4-10(14(17)18)8-11(12)9(2)16/h4-5,8,15H,3,6-7H2,1-2H3. The lowest BCUT2D eigenvalue weighted by Gasteiger charge is -2.23. The monoisotopic (exact) mass is 252 g/mol. The molecule has 0 aliphatic carbocycles.